The van der Waals surface area contributed by atoms with E-state index in [1.807, 2.05) is 0 Å². The van der Waals surface area contributed by atoms with E-state index < -0.39 is 11.9 Å². The van der Waals surface area contributed by atoms with E-state index in [4.69, 9.17) is 0 Å². The Balaban J connectivity index is 2.91. The lowest BCUT2D eigenvalue weighted by Gasteiger charge is -2.20. The number of anilines is 2. The fourth-order valence-corrected chi connectivity index (χ4v) is 1.23. The first-order valence-corrected chi connectivity index (χ1v) is 4.64. The molecule has 1 unspecified atom stereocenters. The van der Waals surface area contributed by atoms with Gasteiger partial charge in [0, 0.05) is 20.6 Å². The third kappa shape index (κ3) is 3.02. The van der Waals surface area contributed by atoms with Crippen molar-refractivity contribution in [3.05, 3.63) is 12.0 Å². The quantitative estimate of drug-likeness (QED) is 0.763. The molecule has 0 bridgehead atoms. The molecule has 1 aromatic heterocycles. The molecule has 5 nitrogen and oxygen atoms in total. The zero-order valence-corrected chi connectivity index (χ0v) is 9.03. The first-order valence-electron chi connectivity index (χ1n) is 4.64. The molecular formula is C9H15FN4O. The van der Waals surface area contributed by atoms with Crippen LogP contribution in [-0.2, 0) is 0 Å². The molecule has 0 aliphatic heterocycles. The van der Waals surface area contributed by atoms with Crippen molar-refractivity contribution in [3.8, 4) is 0 Å². The summed E-state index contributed by atoms with van der Waals surface area (Å²) in [6.45, 7) is 1.95. The number of aromatic nitrogens is 2. The molecule has 1 atom stereocenters. The van der Waals surface area contributed by atoms with Gasteiger partial charge in [-0.1, -0.05) is 0 Å². The second kappa shape index (κ2) is 4.88. The molecule has 1 heterocycles. The number of likely N-dealkylation sites (N-methyl/N-ethyl adjacent to an activating group) is 1. The standard InChI is InChI=1S/C9H15FN4O/c1-6(15)5-14(3)8-7(10)4-12-9(11-2)13-8/h4,6,15H,5H2,1-3H3,(H,11,12,13). The Morgan fingerprint density at radius 3 is 2.87 bits per heavy atom. The van der Waals surface area contributed by atoms with Gasteiger partial charge < -0.3 is 15.3 Å². The molecule has 0 radical (unpaired) electrons. The summed E-state index contributed by atoms with van der Waals surface area (Å²) in [4.78, 5) is 9.24. The molecule has 84 valence electrons. The van der Waals surface area contributed by atoms with Crippen molar-refractivity contribution in [2.24, 2.45) is 0 Å². The molecule has 0 aliphatic rings. The summed E-state index contributed by atoms with van der Waals surface area (Å²) < 4.78 is 13.3. The van der Waals surface area contributed by atoms with Crippen LogP contribution in [0.1, 0.15) is 6.92 Å². The minimum atomic E-state index is -0.539. The van der Waals surface area contributed by atoms with E-state index in [0.717, 1.165) is 6.20 Å². The van der Waals surface area contributed by atoms with E-state index in [-0.39, 0.29) is 5.82 Å². The first-order chi connectivity index (χ1) is 7.04. The van der Waals surface area contributed by atoms with Crippen LogP contribution in [0.2, 0.25) is 0 Å². The Hall–Kier alpha value is -1.43. The number of hydrogen-bond donors (Lipinski definition) is 2. The molecule has 0 spiro atoms. The lowest BCUT2D eigenvalue weighted by molar-refractivity contribution is 0.201. The van der Waals surface area contributed by atoms with Gasteiger partial charge in [-0.3, -0.25) is 0 Å². The van der Waals surface area contributed by atoms with Gasteiger partial charge in [0.2, 0.25) is 5.95 Å². The Morgan fingerprint density at radius 2 is 2.33 bits per heavy atom. The highest BCUT2D eigenvalue weighted by molar-refractivity contribution is 5.42. The highest BCUT2D eigenvalue weighted by Gasteiger charge is 2.12. The largest absolute Gasteiger partial charge is 0.392 e. The van der Waals surface area contributed by atoms with E-state index in [2.05, 4.69) is 15.3 Å². The van der Waals surface area contributed by atoms with E-state index in [9.17, 15) is 9.50 Å². The monoisotopic (exact) mass is 214 g/mol. The predicted molar refractivity (Wildman–Crippen MR) is 56.5 cm³/mol. The third-order valence-electron chi connectivity index (χ3n) is 1.85. The third-order valence-corrected chi connectivity index (χ3v) is 1.85. The summed E-state index contributed by atoms with van der Waals surface area (Å²) in [5.41, 5.74) is 0. The highest BCUT2D eigenvalue weighted by atomic mass is 19.1. The smallest absolute Gasteiger partial charge is 0.224 e. The van der Waals surface area contributed by atoms with Crippen molar-refractivity contribution in [3.63, 3.8) is 0 Å². The second-order valence-corrected chi connectivity index (χ2v) is 3.34. The Bertz CT molecular complexity index is 332. The van der Waals surface area contributed by atoms with E-state index in [0.29, 0.717) is 12.5 Å². The zero-order valence-electron chi connectivity index (χ0n) is 9.03. The summed E-state index contributed by atoms with van der Waals surface area (Å²) in [7, 11) is 3.32. The molecule has 6 heteroatoms. The first kappa shape index (κ1) is 11.6. The van der Waals surface area contributed by atoms with Crippen LogP contribution in [0.5, 0.6) is 0 Å². The van der Waals surface area contributed by atoms with Gasteiger partial charge in [0.25, 0.3) is 0 Å². The summed E-state index contributed by atoms with van der Waals surface area (Å²) in [6, 6.07) is 0. The van der Waals surface area contributed by atoms with Crippen molar-refractivity contribution in [1.29, 1.82) is 0 Å². The van der Waals surface area contributed by atoms with Gasteiger partial charge in [-0.25, -0.2) is 9.37 Å². The number of nitrogens with one attached hydrogen (secondary N) is 1. The predicted octanol–water partition coefficient (Wildman–Crippen LogP) is 0.474. The maximum Gasteiger partial charge on any atom is 0.224 e. The SMILES string of the molecule is CNc1ncc(F)c(N(C)CC(C)O)n1. The number of hydrogen-bond acceptors (Lipinski definition) is 5. The molecule has 1 aromatic rings. The average molecular weight is 214 g/mol. The number of aliphatic hydroxyl groups is 1. The van der Waals surface area contributed by atoms with Crippen LogP contribution >= 0.6 is 0 Å². The Kier molecular flexibility index (Phi) is 3.79. The molecule has 0 saturated carbocycles. The average Bonchev–Trinajstić information content (AvgIpc) is 2.17. The van der Waals surface area contributed by atoms with Gasteiger partial charge in [-0.05, 0) is 6.92 Å². The number of nitrogens with zero attached hydrogens (tertiary/aromatic N) is 3. The van der Waals surface area contributed by atoms with Crippen molar-refractivity contribution in [2.45, 2.75) is 13.0 Å². The lowest BCUT2D eigenvalue weighted by Crippen LogP contribution is -2.28. The van der Waals surface area contributed by atoms with Gasteiger partial charge >= 0.3 is 0 Å². The summed E-state index contributed by atoms with van der Waals surface area (Å²) in [5.74, 6) is 0.0243. The van der Waals surface area contributed by atoms with Gasteiger partial charge in [-0.15, -0.1) is 0 Å². The molecule has 0 amide bonds. The van der Waals surface area contributed by atoms with Crippen LogP contribution in [0.15, 0.2) is 6.20 Å². The maximum absolute atomic E-state index is 13.3. The zero-order chi connectivity index (χ0) is 11.4. The lowest BCUT2D eigenvalue weighted by atomic mass is 10.3. The molecule has 0 aromatic carbocycles. The molecule has 15 heavy (non-hydrogen) atoms. The van der Waals surface area contributed by atoms with Crippen LogP contribution in [0.3, 0.4) is 0 Å². The van der Waals surface area contributed by atoms with Gasteiger partial charge in [0.05, 0.1) is 12.3 Å². The topological polar surface area (TPSA) is 61.3 Å². The minimum Gasteiger partial charge on any atom is -0.392 e. The Labute approximate surface area is 88.0 Å². The number of aliphatic hydroxyl groups excluding tert-OH is 1. The van der Waals surface area contributed by atoms with Crippen molar-refractivity contribution < 1.29 is 9.50 Å². The molecular weight excluding hydrogens is 199 g/mol. The van der Waals surface area contributed by atoms with Gasteiger partial charge in [0.1, 0.15) is 0 Å². The number of halogens is 1. The molecule has 0 fully saturated rings. The molecule has 1 rings (SSSR count). The highest BCUT2D eigenvalue weighted by Crippen LogP contribution is 2.15. The van der Waals surface area contributed by atoms with Crippen molar-refractivity contribution in [1.82, 2.24) is 9.97 Å². The molecule has 0 aliphatic carbocycles. The second-order valence-electron chi connectivity index (χ2n) is 3.34. The van der Waals surface area contributed by atoms with Crippen LogP contribution < -0.4 is 10.2 Å². The molecule has 0 saturated heterocycles. The summed E-state index contributed by atoms with van der Waals surface area (Å²) in [6.07, 6.45) is 0.564. The van der Waals surface area contributed by atoms with Gasteiger partial charge in [0.15, 0.2) is 11.6 Å². The van der Waals surface area contributed by atoms with Crippen LogP contribution in [0.4, 0.5) is 16.2 Å². The Morgan fingerprint density at radius 1 is 1.67 bits per heavy atom. The number of rotatable bonds is 4. The maximum atomic E-state index is 13.3. The normalized spacial score (nSPS) is 12.3. The van der Waals surface area contributed by atoms with Crippen LogP contribution in [-0.4, -0.2) is 41.8 Å². The van der Waals surface area contributed by atoms with Crippen LogP contribution in [0.25, 0.3) is 0 Å². The minimum absolute atomic E-state index is 0.176. The van der Waals surface area contributed by atoms with Crippen LogP contribution in [0, 0.1) is 5.82 Å². The van der Waals surface area contributed by atoms with E-state index in [1.165, 1.54) is 0 Å². The summed E-state index contributed by atoms with van der Waals surface area (Å²) >= 11 is 0. The van der Waals surface area contributed by atoms with Gasteiger partial charge in [-0.2, -0.15) is 4.98 Å². The fraction of sp³-hybridized carbons (Fsp3) is 0.556. The van der Waals surface area contributed by atoms with Crippen molar-refractivity contribution in [2.75, 3.05) is 30.9 Å². The molecule has 2 N–H and O–H groups in total. The van der Waals surface area contributed by atoms with Crippen molar-refractivity contribution >= 4 is 11.8 Å². The van der Waals surface area contributed by atoms with E-state index >= 15 is 0 Å². The fourth-order valence-electron chi connectivity index (χ4n) is 1.23. The van der Waals surface area contributed by atoms with E-state index in [1.54, 1.807) is 25.9 Å². The summed E-state index contributed by atoms with van der Waals surface area (Å²) in [5, 5.41) is 11.9.